The predicted octanol–water partition coefficient (Wildman–Crippen LogP) is 4.67. The molecule has 0 saturated carbocycles. The van der Waals surface area contributed by atoms with Crippen LogP contribution in [0.4, 0.5) is 0 Å². The fraction of sp³-hybridized carbons (Fsp3) is 0.0455. The standard InChI is InChI=1S/C22H17NO2/c1-25-21-18-14-8-9-15-19(18)23(17-12-6-3-7-13-17)22(24)20(21)16-10-4-2-5-11-16/h2-15H,1H3. The molecule has 0 amide bonds. The minimum Gasteiger partial charge on any atom is -0.495 e. The summed E-state index contributed by atoms with van der Waals surface area (Å²) in [5, 5.41) is 0.910. The fourth-order valence-corrected chi connectivity index (χ4v) is 3.22. The maximum atomic E-state index is 13.4. The second-order valence-electron chi connectivity index (χ2n) is 5.77. The van der Waals surface area contributed by atoms with Crippen molar-refractivity contribution in [2.45, 2.75) is 0 Å². The van der Waals surface area contributed by atoms with Crippen molar-refractivity contribution in [3.63, 3.8) is 0 Å². The number of fused-ring (bicyclic) bond motifs is 1. The summed E-state index contributed by atoms with van der Waals surface area (Å²) in [5.74, 6) is 0.610. The summed E-state index contributed by atoms with van der Waals surface area (Å²) in [6, 6.07) is 27.2. The second-order valence-corrected chi connectivity index (χ2v) is 5.77. The zero-order valence-electron chi connectivity index (χ0n) is 13.8. The number of nitrogens with zero attached hydrogens (tertiary/aromatic N) is 1. The molecule has 0 saturated heterocycles. The summed E-state index contributed by atoms with van der Waals surface area (Å²) < 4.78 is 7.42. The third kappa shape index (κ3) is 2.50. The summed E-state index contributed by atoms with van der Waals surface area (Å²) in [5.41, 5.74) is 3.00. The summed E-state index contributed by atoms with van der Waals surface area (Å²) in [6.45, 7) is 0. The molecule has 0 spiro atoms. The monoisotopic (exact) mass is 327 g/mol. The van der Waals surface area contributed by atoms with Crippen molar-refractivity contribution in [1.29, 1.82) is 0 Å². The average molecular weight is 327 g/mol. The highest BCUT2D eigenvalue weighted by molar-refractivity contribution is 5.93. The molecule has 3 aromatic carbocycles. The van der Waals surface area contributed by atoms with E-state index in [-0.39, 0.29) is 5.56 Å². The van der Waals surface area contributed by atoms with Crippen LogP contribution < -0.4 is 10.3 Å². The van der Waals surface area contributed by atoms with E-state index < -0.39 is 0 Å². The Morgan fingerprint density at radius 1 is 0.760 bits per heavy atom. The van der Waals surface area contributed by atoms with Gasteiger partial charge in [-0.1, -0.05) is 60.7 Å². The quantitative estimate of drug-likeness (QED) is 0.548. The minimum absolute atomic E-state index is 0.0899. The molecule has 25 heavy (non-hydrogen) atoms. The summed E-state index contributed by atoms with van der Waals surface area (Å²) in [7, 11) is 1.61. The van der Waals surface area contributed by atoms with Crippen LogP contribution in [0, 0.1) is 0 Å². The molecular formula is C22H17NO2. The summed E-state index contributed by atoms with van der Waals surface area (Å²) in [6.07, 6.45) is 0. The summed E-state index contributed by atoms with van der Waals surface area (Å²) >= 11 is 0. The number of ether oxygens (including phenoxy) is 1. The maximum absolute atomic E-state index is 13.4. The van der Waals surface area contributed by atoms with Gasteiger partial charge in [-0.15, -0.1) is 0 Å². The van der Waals surface area contributed by atoms with Crippen molar-refractivity contribution in [3.05, 3.63) is 95.3 Å². The molecule has 0 N–H and O–H groups in total. The number of rotatable bonds is 3. The molecule has 0 aliphatic heterocycles. The Balaban J connectivity index is 2.20. The van der Waals surface area contributed by atoms with Gasteiger partial charge in [0.2, 0.25) is 0 Å². The van der Waals surface area contributed by atoms with Crippen LogP contribution in [0.2, 0.25) is 0 Å². The number of para-hydroxylation sites is 2. The molecule has 0 fully saturated rings. The van der Waals surface area contributed by atoms with Crippen molar-refractivity contribution >= 4 is 10.9 Å². The first-order chi connectivity index (χ1) is 12.3. The zero-order valence-corrected chi connectivity index (χ0v) is 13.8. The van der Waals surface area contributed by atoms with Gasteiger partial charge in [0.05, 0.1) is 18.2 Å². The Morgan fingerprint density at radius 2 is 1.36 bits per heavy atom. The van der Waals surface area contributed by atoms with Crippen LogP contribution in [-0.4, -0.2) is 11.7 Å². The number of methoxy groups -OCH3 is 1. The zero-order chi connectivity index (χ0) is 17.2. The molecule has 4 rings (SSSR count). The highest BCUT2D eigenvalue weighted by Gasteiger charge is 2.19. The molecule has 4 aromatic rings. The lowest BCUT2D eigenvalue weighted by molar-refractivity contribution is 0.420. The van der Waals surface area contributed by atoms with Crippen LogP contribution in [0.25, 0.3) is 27.7 Å². The van der Waals surface area contributed by atoms with E-state index in [1.807, 2.05) is 84.9 Å². The van der Waals surface area contributed by atoms with Crippen molar-refractivity contribution in [2.75, 3.05) is 7.11 Å². The molecule has 0 aliphatic carbocycles. The lowest BCUT2D eigenvalue weighted by atomic mass is 10.0. The molecule has 0 radical (unpaired) electrons. The van der Waals surface area contributed by atoms with Gasteiger partial charge in [-0.2, -0.15) is 0 Å². The molecule has 3 heteroatoms. The Labute approximate surface area is 145 Å². The van der Waals surface area contributed by atoms with Crippen LogP contribution in [0.5, 0.6) is 5.75 Å². The minimum atomic E-state index is -0.0899. The van der Waals surface area contributed by atoms with E-state index in [2.05, 4.69) is 0 Å². The fourth-order valence-electron chi connectivity index (χ4n) is 3.22. The van der Waals surface area contributed by atoms with Crippen LogP contribution >= 0.6 is 0 Å². The van der Waals surface area contributed by atoms with Crippen molar-refractivity contribution < 1.29 is 4.74 Å². The van der Waals surface area contributed by atoms with E-state index in [4.69, 9.17) is 4.74 Å². The molecule has 3 nitrogen and oxygen atoms in total. The van der Waals surface area contributed by atoms with Crippen molar-refractivity contribution in [1.82, 2.24) is 4.57 Å². The van der Waals surface area contributed by atoms with Gasteiger partial charge in [0, 0.05) is 11.1 Å². The van der Waals surface area contributed by atoms with Gasteiger partial charge in [-0.05, 0) is 29.8 Å². The van der Waals surface area contributed by atoms with Gasteiger partial charge in [0.15, 0.2) is 0 Å². The third-order valence-corrected chi connectivity index (χ3v) is 4.31. The first-order valence-corrected chi connectivity index (χ1v) is 8.14. The smallest absolute Gasteiger partial charge is 0.267 e. The van der Waals surface area contributed by atoms with Crippen LogP contribution in [-0.2, 0) is 0 Å². The van der Waals surface area contributed by atoms with Gasteiger partial charge < -0.3 is 4.74 Å². The van der Waals surface area contributed by atoms with Crippen LogP contribution in [0.15, 0.2) is 89.7 Å². The number of hydrogen-bond donors (Lipinski definition) is 0. The van der Waals surface area contributed by atoms with E-state index >= 15 is 0 Å². The molecule has 1 aromatic heterocycles. The normalized spacial score (nSPS) is 10.8. The topological polar surface area (TPSA) is 31.2 Å². The van der Waals surface area contributed by atoms with E-state index in [9.17, 15) is 4.79 Å². The van der Waals surface area contributed by atoms with Gasteiger partial charge in [-0.25, -0.2) is 0 Å². The lowest BCUT2D eigenvalue weighted by Crippen LogP contribution is -2.21. The predicted molar refractivity (Wildman–Crippen MR) is 102 cm³/mol. The molecule has 0 unspecified atom stereocenters. The molecule has 122 valence electrons. The first-order valence-electron chi connectivity index (χ1n) is 8.14. The van der Waals surface area contributed by atoms with Gasteiger partial charge in [0.25, 0.3) is 5.56 Å². The Morgan fingerprint density at radius 3 is 2.04 bits per heavy atom. The Kier molecular flexibility index (Phi) is 3.82. The third-order valence-electron chi connectivity index (χ3n) is 4.31. The van der Waals surface area contributed by atoms with E-state index in [0.717, 1.165) is 22.2 Å². The maximum Gasteiger partial charge on any atom is 0.267 e. The molecule has 1 heterocycles. The highest BCUT2D eigenvalue weighted by atomic mass is 16.5. The van der Waals surface area contributed by atoms with E-state index in [0.29, 0.717) is 11.3 Å². The molecule has 0 aliphatic rings. The average Bonchev–Trinajstić information content (AvgIpc) is 2.68. The first kappa shape index (κ1) is 15.2. The van der Waals surface area contributed by atoms with E-state index in [1.165, 1.54) is 0 Å². The Hall–Kier alpha value is -3.33. The summed E-state index contributed by atoms with van der Waals surface area (Å²) in [4.78, 5) is 13.4. The number of hydrogen-bond acceptors (Lipinski definition) is 2. The number of aromatic nitrogens is 1. The van der Waals surface area contributed by atoms with Gasteiger partial charge in [0.1, 0.15) is 5.75 Å². The number of benzene rings is 3. The molecule has 0 bridgehead atoms. The SMILES string of the molecule is COc1c(-c2ccccc2)c(=O)n(-c2ccccc2)c2ccccc12. The van der Waals surface area contributed by atoms with Crippen LogP contribution in [0.1, 0.15) is 0 Å². The lowest BCUT2D eigenvalue weighted by Gasteiger charge is -2.17. The molecule has 0 atom stereocenters. The van der Waals surface area contributed by atoms with Gasteiger partial charge >= 0.3 is 0 Å². The van der Waals surface area contributed by atoms with Crippen molar-refractivity contribution in [2.24, 2.45) is 0 Å². The number of pyridine rings is 1. The van der Waals surface area contributed by atoms with Gasteiger partial charge in [-0.3, -0.25) is 9.36 Å². The highest BCUT2D eigenvalue weighted by Crippen LogP contribution is 2.34. The van der Waals surface area contributed by atoms with E-state index in [1.54, 1.807) is 11.7 Å². The van der Waals surface area contributed by atoms with Crippen molar-refractivity contribution in [3.8, 4) is 22.6 Å². The largest absolute Gasteiger partial charge is 0.495 e. The second kappa shape index (κ2) is 6.29. The molecular weight excluding hydrogens is 310 g/mol. The van der Waals surface area contributed by atoms with Crippen LogP contribution in [0.3, 0.4) is 0 Å². The Bertz CT molecular complexity index is 1080.